The van der Waals surface area contributed by atoms with Crippen LogP contribution in [0.5, 0.6) is 5.75 Å². The van der Waals surface area contributed by atoms with Crippen LogP contribution in [0.3, 0.4) is 0 Å². The first-order chi connectivity index (χ1) is 7.58. The second-order valence-corrected chi connectivity index (χ2v) is 5.16. The molecule has 2 nitrogen and oxygen atoms in total. The lowest BCUT2D eigenvalue weighted by Crippen LogP contribution is -2.34. The molecule has 1 fully saturated rings. The van der Waals surface area contributed by atoms with Crippen LogP contribution < -0.4 is 10.5 Å². The first-order valence-electron chi connectivity index (χ1n) is 5.40. The zero-order valence-corrected chi connectivity index (χ0v) is 10.8. The molecule has 0 radical (unpaired) electrons. The molecule has 0 saturated heterocycles. The molecule has 16 heavy (non-hydrogen) atoms. The van der Waals surface area contributed by atoms with Crippen LogP contribution >= 0.6 is 15.9 Å². The van der Waals surface area contributed by atoms with Gasteiger partial charge in [-0.25, -0.2) is 4.39 Å². The Bertz CT molecular complexity index is 402. The molecular formula is C12H15BrFNO. The van der Waals surface area contributed by atoms with E-state index in [1.165, 1.54) is 0 Å². The number of ether oxygens (including phenoxy) is 1. The Morgan fingerprint density at radius 2 is 2.00 bits per heavy atom. The highest BCUT2D eigenvalue weighted by molar-refractivity contribution is 9.10. The predicted octanol–water partition coefficient (Wildman–Crippen LogP) is 3.32. The van der Waals surface area contributed by atoms with E-state index in [9.17, 15) is 4.39 Å². The third-order valence-electron chi connectivity index (χ3n) is 3.27. The molecule has 0 aliphatic heterocycles. The number of halogens is 2. The van der Waals surface area contributed by atoms with Crippen molar-refractivity contribution in [3.63, 3.8) is 0 Å². The molecule has 1 aliphatic rings. The van der Waals surface area contributed by atoms with Crippen LogP contribution in [0.15, 0.2) is 16.6 Å². The average Bonchev–Trinajstić information content (AvgIpc) is 2.69. The van der Waals surface area contributed by atoms with Crippen LogP contribution in [0.25, 0.3) is 0 Å². The van der Waals surface area contributed by atoms with Gasteiger partial charge in [-0.2, -0.15) is 0 Å². The Morgan fingerprint density at radius 1 is 1.38 bits per heavy atom. The highest BCUT2D eigenvalue weighted by atomic mass is 79.9. The third kappa shape index (κ3) is 1.84. The van der Waals surface area contributed by atoms with E-state index in [4.69, 9.17) is 10.5 Å². The molecule has 4 heteroatoms. The lowest BCUT2D eigenvalue weighted by atomic mass is 9.88. The molecule has 0 unspecified atom stereocenters. The van der Waals surface area contributed by atoms with Crippen LogP contribution in [0.2, 0.25) is 0 Å². The van der Waals surface area contributed by atoms with Crippen molar-refractivity contribution in [3.8, 4) is 5.75 Å². The molecule has 2 N–H and O–H groups in total. The summed E-state index contributed by atoms with van der Waals surface area (Å²) in [7, 11) is 1.55. The number of methoxy groups -OCH3 is 1. The van der Waals surface area contributed by atoms with Crippen molar-refractivity contribution < 1.29 is 9.13 Å². The van der Waals surface area contributed by atoms with E-state index in [2.05, 4.69) is 15.9 Å². The monoisotopic (exact) mass is 287 g/mol. The molecule has 0 spiro atoms. The molecule has 0 bridgehead atoms. The van der Waals surface area contributed by atoms with E-state index in [-0.39, 0.29) is 5.82 Å². The molecule has 1 saturated carbocycles. The summed E-state index contributed by atoms with van der Waals surface area (Å²) in [5.74, 6) is 0.258. The molecule has 1 aromatic rings. The Kier molecular flexibility index (Phi) is 3.22. The van der Waals surface area contributed by atoms with Crippen molar-refractivity contribution in [2.24, 2.45) is 5.73 Å². The number of nitrogens with two attached hydrogens (primary N) is 1. The molecule has 2 rings (SSSR count). The topological polar surface area (TPSA) is 35.2 Å². The Labute approximate surface area is 103 Å². The van der Waals surface area contributed by atoms with Crippen LogP contribution in [-0.4, -0.2) is 7.11 Å². The van der Waals surface area contributed by atoms with Crippen LogP contribution in [0.1, 0.15) is 31.2 Å². The molecule has 0 amide bonds. The normalized spacial score (nSPS) is 18.8. The minimum absolute atomic E-state index is 0.288. The molecule has 0 aromatic heterocycles. The minimum Gasteiger partial charge on any atom is -0.496 e. The summed E-state index contributed by atoms with van der Waals surface area (Å²) < 4.78 is 19.8. The van der Waals surface area contributed by atoms with Gasteiger partial charge in [0.05, 0.1) is 17.1 Å². The van der Waals surface area contributed by atoms with Crippen LogP contribution in [0.4, 0.5) is 4.39 Å². The molecule has 0 atom stereocenters. The highest BCUT2D eigenvalue weighted by Gasteiger charge is 2.37. The predicted molar refractivity (Wildman–Crippen MR) is 65.0 cm³/mol. The van der Waals surface area contributed by atoms with E-state index in [1.807, 2.05) is 0 Å². The van der Waals surface area contributed by atoms with Crippen molar-refractivity contribution in [2.45, 2.75) is 31.2 Å². The van der Waals surface area contributed by atoms with Gasteiger partial charge >= 0.3 is 0 Å². The highest BCUT2D eigenvalue weighted by Crippen LogP contribution is 2.43. The fourth-order valence-corrected chi connectivity index (χ4v) is 2.75. The van der Waals surface area contributed by atoms with Crippen LogP contribution in [-0.2, 0) is 5.54 Å². The van der Waals surface area contributed by atoms with Crippen LogP contribution in [0, 0.1) is 5.82 Å². The first-order valence-corrected chi connectivity index (χ1v) is 6.19. The zero-order chi connectivity index (χ0) is 11.8. The van der Waals surface area contributed by atoms with Gasteiger partial charge in [-0.05, 0) is 40.9 Å². The Balaban J connectivity index is 2.56. The molecule has 1 aromatic carbocycles. The van der Waals surface area contributed by atoms with E-state index < -0.39 is 5.54 Å². The molecule has 1 aliphatic carbocycles. The summed E-state index contributed by atoms with van der Waals surface area (Å²) in [6.45, 7) is 0. The van der Waals surface area contributed by atoms with Crippen molar-refractivity contribution in [1.82, 2.24) is 0 Å². The van der Waals surface area contributed by atoms with E-state index in [1.54, 1.807) is 19.2 Å². The standard InChI is InChI=1S/C12H15BrFNO/c1-16-9-5-4-8(13)11(14)10(9)12(15)6-2-3-7-12/h4-5H,2-3,6-7,15H2,1H3. The fraction of sp³-hybridized carbons (Fsp3) is 0.500. The molecule has 88 valence electrons. The quantitative estimate of drug-likeness (QED) is 0.906. The van der Waals surface area contributed by atoms with Gasteiger partial charge in [0.2, 0.25) is 0 Å². The van der Waals surface area contributed by atoms with Gasteiger partial charge in [0.15, 0.2) is 0 Å². The fourth-order valence-electron chi connectivity index (χ4n) is 2.42. The van der Waals surface area contributed by atoms with Gasteiger partial charge in [-0.15, -0.1) is 0 Å². The van der Waals surface area contributed by atoms with Gasteiger partial charge < -0.3 is 10.5 Å². The molecular weight excluding hydrogens is 273 g/mol. The van der Waals surface area contributed by atoms with Gasteiger partial charge in [-0.3, -0.25) is 0 Å². The lowest BCUT2D eigenvalue weighted by molar-refractivity contribution is 0.365. The van der Waals surface area contributed by atoms with Crippen molar-refractivity contribution in [2.75, 3.05) is 7.11 Å². The van der Waals surface area contributed by atoms with Gasteiger partial charge in [0.25, 0.3) is 0 Å². The Hall–Kier alpha value is -0.610. The van der Waals surface area contributed by atoms with Crippen molar-refractivity contribution in [3.05, 3.63) is 28.0 Å². The number of hydrogen-bond acceptors (Lipinski definition) is 2. The number of benzene rings is 1. The Morgan fingerprint density at radius 3 is 2.56 bits per heavy atom. The summed E-state index contributed by atoms with van der Waals surface area (Å²) in [5, 5.41) is 0. The lowest BCUT2D eigenvalue weighted by Gasteiger charge is -2.27. The second kappa shape index (κ2) is 4.34. The minimum atomic E-state index is -0.570. The zero-order valence-electron chi connectivity index (χ0n) is 9.22. The van der Waals surface area contributed by atoms with Gasteiger partial charge in [0.1, 0.15) is 11.6 Å². The van der Waals surface area contributed by atoms with Crippen molar-refractivity contribution >= 4 is 15.9 Å². The summed E-state index contributed by atoms with van der Waals surface area (Å²) in [6.07, 6.45) is 3.73. The largest absolute Gasteiger partial charge is 0.496 e. The first kappa shape index (κ1) is 11.9. The van der Waals surface area contributed by atoms with E-state index in [0.29, 0.717) is 15.8 Å². The SMILES string of the molecule is COc1ccc(Br)c(F)c1C1(N)CCCC1. The number of hydrogen-bond donors (Lipinski definition) is 1. The summed E-state index contributed by atoms with van der Waals surface area (Å²) in [5.41, 5.74) is 6.23. The summed E-state index contributed by atoms with van der Waals surface area (Å²) in [6, 6.07) is 3.41. The average molecular weight is 288 g/mol. The molecule has 0 heterocycles. The maximum atomic E-state index is 14.1. The maximum absolute atomic E-state index is 14.1. The van der Waals surface area contributed by atoms with Crippen molar-refractivity contribution in [1.29, 1.82) is 0 Å². The maximum Gasteiger partial charge on any atom is 0.146 e. The smallest absolute Gasteiger partial charge is 0.146 e. The number of rotatable bonds is 2. The summed E-state index contributed by atoms with van der Waals surface area (Å²) >= 11 is 3.19. The second-order valence-electron chi connectivity index (χ2n) is 4.30. The van der Waals surface area contributed by atoms with E-state index >= 15 is 0 Å². The third-order valence-corrected chi connectivity index (χ3v) is 3.88. The van der Waals surface area contributed by atoms with Gasteiger partial charge in [-0.1, -0.05) is 12.8 Å². The summed E-state index contributed by atoms with van der Waals surface area (Å²) in [4.78, 5) is 0. The van der Waals surface area contributed by atoms with Gasteiger partial charge in [0, 0.05) is 5.54 Å². The van der Waals surface area contributed by atoms with E-state index in [0.717, 1.165) is 25.7 Å².